The van der Waals surface area contributed by atoms with E-state index in [1.807, 2.05) is 0 Å². The number of amides is 1. The van der Waals surface area contributed by atoms with Gasteiger partial charge in [0.25, 0.3) is 0 Å². The van der Waals surface area contributed by atoms with E-state index in [4.69, 9.17) is 9.47 Å². The summed E-state index contributed by atoms with van der Waals surface area (Å²) < 4.78 is 9.68. The van der Waals surface area contributed by atoms with Crippen LogP contribution in [0.4, 0.5) is 4.79 Å². The molecule has 98 valence electrons. The van der Waals surface area contributed by atoms with Crippen LogP contribution in [0.5, 0.6) is 0 Å². The normalized spacial score (nSPS) is 9.47. The second-order valence-corrected chi connectivity index (χ2v) is 3.49. The highest BCUT2D eigenvalue weighted by Gasteiger charge is 2.00. The molecule has 0 bridgehead atoms. The summed E-state index contributed by atoms with van der Waals surface area (Å²) in [7, 11) is 0. The van der Waals surface area contributed by atoms with E-state index >= 15 is 0 Å². The molecule has 0 aliphatic rings. The number of carbonyl (C=O) groups is 2. The van der Waals surface area contributed by atoms with Crippen molar-refractivity contribution in [1.29, 1.82) is 0 Å². The Morgan fingerprint density at radius 1 is 1.18 bits per heavy atom. The maximum Gasteiger partial charge on any atom is 0.407 e. The lowest BCUT2D eigenvalue weighted by Gasteiger charge is -2.06. The number of unbranched alkanes of at least 4 members (excludes halogenated alkanes) is 2. The molecule has 0 heterocycles. The van der Waals surface area contributed by atoms with E-state index in [-0.39, 0.29) is 6.09 Å². The molecule has 0 spiro atoms. The molecule has 0 unspecified atom stereocenters. The van der Waals surface area contributed by atoms with Crippen molar-refractivity contribution >= 4 is 12.1 Å². The molecule has 0 atom stereocenters. The Morgan fingerprint density at radius 2 is 1.82 bits per heavy atom. The van der Waals surface area contributed by atoms with Gasteiger partial charge in [-0.25, -0.2) is 9.59 Å². The molecular weight excluding hydrogens is 222 g/mol. The smallest absolute Gasteiger partial charge is 0.407 e. The monoisotopic (exact) mass is 243 g/mol. The molecule has 0 radical (unpaired) electrons. The summed E-state index contributed by atoms with van der Waals surface area (Å²) in [5, 5.41) is 2.64. The summed E-state index contributed by atoms with van der Waals surface area (Å²) in [5.74, 6) is -0.428. The Morgan fingerprint density at radius 3 is 2.41 bits per heavy atom. The summed E-state index contributed by atoms with van der Waals surface area (Å²) in [6.07, 6.45) is 4.06. The largest absolute Gasteiger partial charge is 0.463 e. The number of ether oxygens (including phenoxy) is 2. The van der Waals surface area contributed by atoms with Crippen molar-refractivity contribution in [3.63, 3.8) is 0 Å². The number of alkyl carbamates (subject to hydrolysis) is 1. The molecule has 0 aliphatic heterocycles. The fourth-order valence-electron chi connectivity index (χ4n) is 1.02. The molecule has 0 fully saturated rings. The molecule has 0 aromatic rings. The second-order valence-electron chi connectivity index (χ2n) is 3.49. The van der Waals surface area contributed by atoms with E-state index in [1.165, 1.54) is 0 Å². The van der Waals surface area contributed by atoms with Gasteiger partial charge in [-0.05, 0) is 19.3 Å². The van der Waals surface area contributed by atoms with Gasteiger partial charge < -0.3 is 14.8 Å². The van der Waals surface area contributed by atoms with E-state index in [2.05, 4.69) is 18.8 Å². The zero-order valence-corrected chi connectivity index (χ0v) is 10.4. The van der Waals surface area contributed by atoms with Crippen molar-refractivity contribution in [3.8, 4) is 0 Å². The lowest BCUT2D eigenvalue weighted by molar-refractivity contribution is -0.137. The van der Waals surface area contributed by atoms with Crippen LogP contribution in [-0.4, -0.2) is 31.8 Å². The van der Waals surface area contributed by atoms with Crippen LogP contribution in [0.1, 0.15) is 32.6 Å². The minimum atomic E-state index is -0.428. The third kappa shape index (κ3) is 10.8. The van der Waals surface area contributed by atoms with Crippen LogP contribution in [0.2, 0.25) is 0 Å². The maximum atomic E-state index is 11.1. The Labute approximate surface area is 102 Å². The standard InChI is InChI=1S/C12H21NO4/c1-3-5-8-13-12(15)17-10-7-6-9-16-11(14)4-2/h4H,2-3,5-10H2,1H3,(H,13,15). The molecule has 0 aliphatic carbocycles. The van der Waals surface area contributed by atoms with Crippen LogP contribution in [0.15, 0.2) is 12.7 Å². The number of hydrogen-bond donors (Lipinski definition) is 1. The minimum absolute atomic E-state index is 0.325. The lowest BCUT2D eigenvalue weighted by atomic mass is 10.3. The zero-order chi connectivity index (χ0) is 12.9. The fourth-order valence-corrected chi connectivity index (χ4v) is 1.02. The van der Waals surface area contributed by atoms with Crippen molar-refractivity contribution in [2.45, 2.75) is 32.6 Å². The highest BCUT2D eigenvalue weighted by atomic mass is 16.5. The molecule has 5 heteroatoms. The van der Waals surface area contributed by atoms with Crippen molar-refractivity contribution in [1.82, 2.24) is 5.32 Å². The topological polar surface area (TPSA) is 64.6 Å². The van der Waals surface area contributed by atoms with Gasteiger partial charge in [0.2, 0.25) is 0 Å². The van der Waals surface area contributed by atoms with Crippen LogP contribution < -0.4 is 5.32 Å². The third-order valence-corrected chi connectivity index (χ3v) is 1.98. The van der Waals surface area contributed by atoms with Crippen LogP contribution in [0.3, 0.4) is 0 Å². The van der Waals surface area contributed by atoms with Gasteiger partial charge in [0, 0.05) is 12.6 Å². The van der Waals surface area contributed by atoms with Gasteiger partial charge in [-0.15, -0.1) is 0 Å². The first-order valence-electron chi connectivity index (χ1n) is 5.90. The lowest BCUT2D eigenvalue weighted by Crippen LogP contribution is -2.25. The average molecular weight is 243 g/mol. The van der Waals surface area contributed by atoms with Crippen molar-refractivity contribution in [2.24, 2.45) is 0 Å². The fraction of sp³-hybridized carbons (Fsp3) is 0.667. The molecule has 5 nitrogen and oxygen atoms in total. The van der Waals surface area contributed by atoms with Crippen molar-refractivity contribution in [2.75, 3.05) is 19.8 Å². The summed E-state index contributed by atoms with van der Waals surface area (Å²) >= 11 is 0. The molecule has 0 rings (SSSR count). The predicted molar refractivity (Wildman–Crippen MR) is 64.6 cm³/mol. The highest BCUT2D eigenvalue weighted by Crippen LogP contribution is 1.93. The van der Waals surface area contributed by atoms with Crippen LogP contribution >= 0.6 is 0 Å². The van der Waals surface area contributed by atoms with E-state index < -0.39 is 5.97 Å². The van der Waals surface area contributed by atoms with Crippen LogP contribution in [0, 0.1) is 0 Å². The Hall–Kier alpha value is -1.52. The Kier molecular flexibility index (Phi) is 10.00. The van der Waals surface area contributed by atoms with Gasteiger partial charge in [-0.2, -0.15) is 0 Å². The molecule has 0 aromatic carbocycles. The zero-order valence-electron chi connectivity index (χ0n) is 10.4. The van der Waals surface area contributed by atoms with Gasteiger partial charge >= 0.3 is 12.1 Å². The number of hydrogen-bond acceptors (Lipinski definition) is 4. The van der Waals surface area contributed by atoms with E-state index in [0.717, 1.165) is 18.9 Å². The first-order valence-corrected chi connectivity index (χ1v) is 5.90. The molecule has 0 saturated heterocycles. The quantitative estimate of drug-likeness (QED) is 0.382. The van der Waals surface area contributed by atoms with Gasteiger partial charge in [0.1, 0.15) is 0 Å². The second kappa shape index (κ2) is 11.0. The van der Waals surface area contributed by atoms with Crippen molar-refractivity contribution in [3.05, 3.63) is 12.7 Å². The number of carbonyl (C=O) groups excluding carboxylic acids is 2. The Balaban J connectivity index is 3.24. The SMILES string of the molecule is C=CC(=O)OCCCCOC(=O)NCCCC. The molecule has 1 N–H and O–H groups in total. The first-order chi connectivity index (χ1) is 8.20. The number of rotatable bonds is 9. The van der Waals surface area contributed by atoms with E-state index in [1.54, 1.807) is 0 Å². The summed E-state index contributed by atoms with van der Waals surface area (Å²) in [4.78, 5) is 21.7. The Bertz CT molecular complexity index is 241. The average Bonchev–Trinajstić information content (AvgIpc) is 2.33. The first kappa shape index (κ1) is 15.5. The molecule has 17 heavy (non-hydrogen) atoms. The van der Waals surface area contributed by atoms with E-state index in [9.17, 15) is 9.59 Å². The van der Waals surface area contributed by atoms with Crippen LogP contribution in [-0.2, 0) is 14.3 Å². The molecule has 1 amide bonds. The van der Waals surface area contributed by atoms with Gasteiger partial charge in [0.05, 0.1) is 13.2 Å². The summed E-state index contributed by atoms with van der Waals surface area (Å²) in [6, 6.07) is 0. The van der Waals surface area contributed by atoms with Gasteiger partial charge in [-0.1, -0.05) is 19.9 Å². The van der Waals surface area contributed by atoms with E-state index in [0.29, 0.717) is 32.6 Å². The number of esters is 1. The minimum Gasteiger partial charge on any atom is -0.463 e. The summed E-state index contributed by atoms with van der Waals surface area (Å²) in [5.41, 5.74) is 0. The molecule has 0 saturated carbocycles. The highest BCUT2D eigenvalue weighted by molar-refractivity contribution is 5.81. The summed E-state index contributed by atoms with van der Waals surface area (Å²) in [6.45, 7) is 6.64. The van der Waals surface area contributed by atoms with Gasteiger partial charge in [0.15, 0.2) is 0 Å². The molecule has 0 aromatic heterocycles. The predicted octanol–water partition coefficient (Wildman–Crippen LogP) is 2.02. The van der Waals surface area contributed by atoms with Crippen LogP contribution in [0.25, 0.3) is 0 Å². The number of nitrogens with one attached hydrogen (secondary N) is 1. The maximum absolute atomic E-state index is 11.1. The third-order valence-electron chi connectivity index (χ3n) is 1.98. The molecular formula is C12H21NO4. The van der Waals surface area contributed by atoms with Gasteiger partial charge in [-0.3, -0.25) is 0 Å². The van der Waals surface area contributed by atoms with Crippen molar-refractivity contribution < 1.29 is 19.1 Å².